The molecule has 2 amide bonds. The third-order valence-corrected chi connectivity index (χ3v) is 4.93. The monoisotopic (exact) mass is 377 g/mol. The maximum Gasteiger partial charge on any atom is 0.270 e. The van der Waals surface area contributed by atoms with E-state index in [0.29, 0.717) is 12.2 Å². The zero-order valence-electron chi connectivity index (χ0n) is 16.9. The topological polar surface area (TPSA) is 65.2 Å². The zero-order chi connectivity index (χ0) is 20.3. The maximum atomic E-state index is 13.2. The van der Waals surface area contributed by atoms with Crippen LogP contribution in [0.5, 0.6) is 0 Å². The summed E-state index contributed by atoms with van der Waals surface area (Å²) in [6.07, 6.45) is 0.771. The Hall–Kier alpha value is -3.08. The molecule has 2 aromatic carbocycles. The molecular formula is C23H27N3O2. The number of H-pyrrole nitrogens is 1. The molecular weight excluding hydrogens is 350 g/mol. The molecule has 0 bridgehead atoms. The lowest BCUT2D eigenvalue weighted by Gasteiger charge is -2.27. The van der Waals surface area contributed by atoms with E-state index in [1.54, 1.807) is 11.8 Å². The van der Waals surface area contributed by atoms with Crippen molar-refractivity contribution in [3.63, 3.8) is 0 Å². The van der Waals surface area contributed by atoms with Crippen molar-refractivity contribution in [1.82, 2.24) is 9.88 Å². The number of nitrogens with zero attached hydrogens (tertiary/aromatic N) is 1. The van der Waals surface area contributed by atoms with Gasteiger partial charge in [-0.25, -0.2) is 0 Å². The Morgan fingerprint density at radius 2 is 1.82 bits per heavy atom. The van der Waals surface area contributed by atoms with Crippen LogP contribution in [0.25, 0.3) is 10.9 Å². The fourth-order valence-electron chi connectivity index (χ4n) is 3.49. The lowest BCUT2D eigenvalue weighted by atomic mass is 10.1. The van der Waals surface area contributed by atoms with Crippen molar-refractivity contribution >= 4 is 28.4 Å². The van der Waals surface area contributed by atoms with E-state index in [0.717, 1.165) is 34.1 Å². The molecule has 1 unspecified atom stereocenters. The minimum Gasteiger partial charge on any atom is -0.351 e. The van der Waals surface area contributed by atoms with Crippen LogP contribution in [0.2, 0.25) is 0 Å². The first-order valence-electron chi connectivity index (χ1n) is 9.67. The van der Waals surface area contributed by atoms with Crippen LogP contribution in [0.3, 0.4) is 0 Å². The van der Waals surface area contributed by atoms with Gasteiger partial charge in [-0.15, -0.1) is 0 Å². The largest absolute Gasteiger partial charge is 0.351 e. The molecule has 3 aromatic rings. The number of hydrogen-bond donors (Lipinski definition) is 2. The number of amides is 2. The van der Waals surface area contributed by atoms with E-state index in [1.165, 1.54) is 0 Å². The number of carbonyl (C=O) groups is 2. The first-order chi connectivity index (χ1) is 13.4. The lowest BCUT2D eigenvalue weighted by molar-refractivity contribution is -0.120. The van der Waals surface area contributed by atoms with Gasteiger partial charge in [-0.3, -0.25) is 9.59 Å². The summed E-state index contributed by atoms with van der Waals surface area (Å²) in [7, 11) is 0. The predicted molar refractivity (Wildman–Crippen MR) is 114 cm³/mol. The Kier molecular flexibility index (Phi) is 5.83. The van der Waals surface area contributed by atoms with Gasteiger partial charge < -0.3 is 15.2 Å². The molecule has 0 aliphatic rings. The second kappa shape index (κ2) is 8.30. The highest BCUT2D eigenvalue weighted by Gasteiger charge is 2.27. The van der Waals surface area contributed by atoms with Crippen LogP contribution >= 0.6 is 0 Å². The highest BCUT2D eigenvalue weighted by atomic mass is 16.2. The van der Waals surface area contributed by atoms with E-state index in [-0.39, 0.29) is 11.8 Å². The van der Waals surface area contributed by atoms with Crippen LogP contribution in [-0.4, -0.2) is 34.3 Å². The predicted octanol–water partition coefficient (Wildman–Crippen LogP) is 4.66. The normalized spacial score (nSPS) is 12.0. The summed E-state index contributed by atoms with van der Waals surface area (Å²) in [6.45, 7) is 8.35. The van der Waals surface area contributed by atoms with Gasteiger partial charge in [-0.05, 0) is 62.6 Å². The van der Waals surface area contributed by atoms with E-state index in [2.05, 4.69) is 16.4 Å². The molecule has 5 nitrogen and oxygen atoms in total. The number of aryl methyl sites for hydroxylation is 2. The number of carbonyl (C=O) groups excluding carboxylic acids is 2. The molecule has 1 atom stereocenters. The Morgan fingerprint density at radius 1 is 1.11 bits per heavy atom. The summed E-state index contributed by atoms with van der Waals surface area (Å²) in [5.74, 6) is -0.359. The molecule has 0 saturated heterocycles. The molecule has 5 heteroatoms. The Bertz CT molecular complexity index is 992. The van der Waals surface area contributed by atoms with E-state index in [9.17, 15) is 9.59 Å². The first-order valence-corrected chi connectivity index (χ1v) is 9.67. The number of aromatic nitrogens is 1. The fraction of sp³-hybridized carbons (Fsp3) is 0.304. The summed E-state index contributed by atoms with van der Waals surface area (Å²) < 4.78 is 0. The second-order valence-electron chi connectivity index (χ2n) is 7.26. The summed E-state index contributed by atoms with van der Waals surface area (Å²) in [4.78, 5) is 30.8. The molecule has 1 aromatic heterocycles. The van der Waals surface area contributed by atoms with Gasteiger partial charge >= 0.3 is 0 Å². The van der Waals surface area contributed by atoms with Gasteiger partial charge in [0.05, 0.1) is 0 Å². The van der Waals surface area contributed by atoms with Crippen molar-refractivity contribution in [3.8, 4) is 0 Å². The fourth-order valence-corrected chi connectivity index (χ4v) is 3.49. The van der Waals surface area contributed by atoms with Crippen molar-refractivity contribution in [1.29, 1.82) is 0 Å². The van der Waals surface area contributed by atoms with Crippen molar-refractivity contribution in [2.24, 2.45) is 0 Å². The molecule has 0 aliphatic heterocycles. The number of fused-ring (bicyclic) bond motifs is 1. The third kappa shape index (κ3) is 4.09. The number of nitrogens with one attached hydrogen (secondary N) is 2. The molecule has 0 saturated carbocycles. The summed E-state index contributed by atoms with van der Waals surface area (Å²) in [6, 6.07) is 14.7. The molecule has 28 heavy (non-hydrogen) atoms. The summed E-state index contributed by atoms with van der Waals surface area (Å²) in [5.41, 5.74) is 4.45. The Labute approximate surface area is 165 Å². The van der Waals surface area contributed by atoms with Gasteiger partial charge in [0, 0.05) is 23.1 Å². The highest BCUT2D eigenvalue weighted by Crippen LogP contribution is 2.23. The van der Waals surface area contributed by atoms with Gasteiger partial charge in [0.15, 0.2) is 0 Å². The number of anilines is 1. The highest BCUT2D eigenvalue weighted by molar-refractivity contribution is 6.02. The quantitative estimate of drug-likeness (QED) is 0.656. The summed E-state index contributed by atoms with van der Waals surface area (Å²) in [5, 5.41) is 3.92. The number of hydrogen-bond acceptors (Lipinski definition) is 2. The number of rotatable bonds is 6. The smallest absolute Gasteiger partial charge is 0.270 e. The minimum absolute atomic E-state index is 0.161. The molecule has 0 aliphatic carbocycles. The van der Waals surface area contributed by atoms with Crippen molar-refractivity contribution in [2.45, 2.75) is 40.2 Å². The van der Waals surface area contributed by atoms with Crippen LogP contribution in [0.4, 0.5) is 5.69 Å². The van der Waals surface area contributed by atoms with Crippen molar-refractivity contribution in [2.75, 3.05) is 11.9 Å². The third-order valence-electron chi connectivity index (χ3n) is 4.93. The van der Waals surface area contributed by atoms with Gasteiger partial charge in [0.1, 0.15) is 11.7 Å². The zero-order valence-corrected chi connectivity index (χ0v) is 16.9. The molecule has 1 heterocycles. The van der Waals surface area contributed by atoms with Gasteiger partial charge in [-0.2, -0.15) is 0 Å². The van der Waals surface area contributed by atoms with E-state index < -0.39 is 6.04 Å². The standard InChI is InChI=1S/C23H27N3O2/c1-5-11-26(17(4)22(27)24-18-9-7-6-8-10-18)23(28)21-14-19-16(3)12-15(2)13-20(19)25-21/h6-10,12-14,17,25H,5,11H2,1-4H3,(H,24,27). The molecule has 0 radical (unpaired) electrons. The molecule has 2 N–H and O–H groups in total. The van der Waals surface area contributed by atoms with E-state index in [4.69, 9.17) is 0 Å². The van der Waals surface area contributed by atoms with Crippen LogP contribution in [0, 0.1) is 13.8 Å². The van der Waals surface area contributed by atoms with Crippen molar-refractivity contribution in [3.05, 3.63) is 65.4 Å². The second-order valence-corrected chi connectivity index (χ2v) is 7.26. The van der Waals surface area contributed by atoms with E-state index in [1.807, 2.05) is 63.2 Å². The average molecular weight is 377 g/mol. The van der Waals surface area contributed by atoms with Crippen LogP contribution in [0.15, 0.2) is 48.5 Å². The number of benzene rings is 2. The van der Waals surface area contributed by atoms with Gasteiger partial charge in [0.2, 0.25) is 5.91 Å². The van der Waals surface area contributed by atoms with E-state index >= 15 is 0 Å². The Morgan fingerprint density at radius 3 is 2.50 bits per heavy atom. The van der Waals surface area contributed by atoms with Gasteiger partial charge in [-0.1, -0.05) is 31.2 Å². The SMILES string of the molecule is CCCN(C(=O)c1cc2c(C)cc(C)cc2[nH]1)C(C)C(=O)Nc1ccccc1. The average Bonchev–Trinajstić information content (AvgIpc) is 3.10. The maximum absolute atomic E-state index is 13.2. The first kappa shape index (κ1) is 19.7. The van der Waals surface area contributed by atoms with Crippen LogP contribution in [0.1, 0.15) is 41.9 Å². The Balaban J connectivity index is 1.85. The minimum atomic E-state index is -0.582. The molecule has 146 valence electrons. The number of aromatic amines is 1. The van der Waals surface area contributed by atoms with Crippen LogP contribution in [-0.2, 0) is 4.79 Å². The van der Waals surface area contributed by atoms with Crippen molar-refractivity contribution < 1.29 is 9.59 Å². The summed E-state index contributed by atoms with van der Waals surface area (Å²) >= 11 is 0. The molecule has 3 rings (SSSR count). The van der Waals surface area contributed by atoms with Gasteiger partial charge in [0.25, 0.3) is 5.91 Å². The van der Waals surface area contributed by atoms with Crippen LogP contribution < -0.4 is 5.32 Å². The molecule has 0 fully saturated rings. The molecule has 0 spiro atoms. The lowest BCUT2D eigenvalue weighted by Crippen LogP contribution is -2.46. The number of para-hydroxylation sites is 1.